The summed E-state index contributed by atoms with van der Waals surface area (Å²) in [6.07, 6.45) is -0.144. The highest BCUT2D eigenvalue weighted by atomic mass is 127. The summed E-state index contributed by atoms with van der Waals surface area (Å²) in [5.74, 6) is 0.517. The Morgan fingerprint density at radius 2 is 1.63 bits per heavy atom. The molecule has 0 aromatic heterocycles. The van der Waals surface area contributed by atoms with Crippen LogP contribution in [0.1, 0.15) is 46.6 Å². The molecule has 0 spiro atoms. The zero-order chi connectivity index (χ0) is 21.9. The van der Waals surface area contributed by atoms with Crippen LogP contribution in [-0.2, 0) is 16.1 Å². The lowest BCUT2D eigenvalue weighted by molar-refractivity contribution is -0.121. The van der Waals surface area contributed by atoms with Crippen LogP contribution in [0.4, 0.5) is 4.79 Å². The number of nitrogens with zero attached hydrogens (tertiary/aromatic N) is 1. The Morgan fingerprint density at radius 1 is 1.00 bits per heavy atom. The smallest absolute Gasteiger partial charge is 0.408 e. The van der Waals surface area contributed by atoms with Crippen molar-refractivity contribution < 1.29 is 14.3 Å². The van der Waals surface area contributed by atoms with Crippen LogP contribution < -0.4 is 21.3 Å². The predicted octanol–water partition coefficient (Wildman–Crippen LogP) is 2.78. The maximum atomic E-state index is 12.0. The van der Waals surface area contributed by atoms with E-state index >= 15 is 0 Å². The SMILES string of the molecule is CN=C(NCCC(=O)NCc1ccccc1)NCC(C)(C)NC(=O)OC(C)(C)C.I. The Kier molecular flexibility index (Phi) is 12.4. The highest BCUT2D eigenvalue weighted by molar-refractivity contribution is 14.0. The standard InChI is InChI=1S/C21H35N5O3.HI/c1-20(2,3)29-19(28)26-21(4,5)15-25-18(22-6)23-13-12-17(27)24-14-16-10-8-7-9-11-16;/h7-11H,12-15H2,1-6H3,(H,24,27)(H,26,28)(H2,22,23,25);1H. The van der Waals surface area contributed by atoms with Crippen LogP contribution in [0.5, 0.6) is 0 Å². The minimum Gasteiger partial charge on any atom is -0.444 e. The summed E-state index contributed by atoms with van der Waals surface area (Å²) < 4.78 is 5.28. The molecule has 0 radical (unpaired) electrons. The van der Waals surface area contributed by atoms with Gasteiger partial charge in [-0.2, -0.15) is 0 Å². The second-order valence-corrected chi connectivity index (χ2v) is 8.38. The van der Waals surface area contributed by atoms with Crippen molar-refractivity contribution in [3.05, 3.63) is 35.9 Å². The van der Waals surface area contributed by atoms with Crippen molar-refractivity contribution in [3.8, 4) is 0 Å². The van der Waals surface area contributed by atoms with E-state index in [1.165, 1.54) is 0 Å². The molecule has 0 bridgehead atoms. The Bertz CT molecular complexity index is 688. The van der Waals surface area contributed by atoms with E-state index in [4.69, 9.17) is 4.74 Å². The number of guanidine groups is 1. The van der Waals surface area contributed by atoms with E-state index in [1.807, 2.05) is 65.0 Å². The number of halogens is 1. The Labute approximate surface area is 197 Å². The Hall–Kier alpha value is -2.04. The minimum absolute atomic E-state index is 0. The van der Waals surface area contributed by atoms with Gasteiger partial charge in [0.2, 0.25) is 5.91 Å². The minimum atomic E-state index is -0.549. The second kappa shape index (κ2) is 13.3. The van der Waals surface area contributed by atoms with Crippen molar-refractivity contribution in [2.24, 2.45) is 4.99 Å². The molecule has 0 saturated carbocycles. The number of alkyl carbamates (subject to hydrolysis) is 1. The molecular formula is C21H36IN5O3. The summed E-state index contributed by atoms with van der Waals surface area (Å²) in [5.41, 5.74) is -0.0368. The normalized spacial score (nSPS) is 11.7. The zero-order valence-corrected chi connectivity index (χ0v) is 21.1. The van der Waals surface area contributed by atoms with Crippen LogP contribution in [0.25, 0.3) is 0 Å². The third-order valence-corrected chi connectivity index (χ3v) is 3.74. The number of benzene rings is 1. The van der Waals surface area contributed by atoms with Crippen molar-refractivity contribution >= 4 is 41.9 Å². The maximum absolute atomic E-state index is 12.0. The largest absolute Gasteiger partial charge is 0.444 e. The van der Waals surface area contributed by atoms with Crippen LogP contribution in [0.15, 0.2) is 35.3 Å². The van der Waals surface area contributed by atoms with Gasteiger partial charge in [0.05, 0.1) is 5.54 Å². The number of amides is 2. The van der Waals surface area contributed by atoms with Crippen molar-refractivity contribution in [1.29, 1.82) is 0 Å². The summed E-state index contributed by atoms with van der Waals surface area (Å²) in [5, 5.41) is 12.0. The zero-order valence-electron chi connectivity index (χ0n) is 18.8. The molecule has 1 aromatic carbocycles. The average molecular weight is 533 g/mol. The summed E-state index contributed by atoms with van der Waals surface area (Å²) in [7, 11) is 1.65. The molecule has 0 fully saturated rings. The van der Waals surface area contributed by atoms with Gasteiger partial charge in [-0.1, -0.05) is 30.3 Å². The van der Waals surface area contributed by atoms with Gasteiger partial charge in [-0.3, -0.25) is 9.79 Å². The number of rotatable bonds is 8. The number of aliphatic imine (C=N–C) groups is 1. The molecule has 0 heterocycles. The first-order valence-electron chi connectivity index (χ1n) is 9.77. The fourth-order valence-electron chi connectivity index (χ4n) is 2.33. The van der Waals surface area contributed by atoms with Crippen molar-refractivity contribution in [3.63, 3.8) is 0 Å². The van der Waals surface area contributed by atoms with Crippen molar-refractivity contribution in [2.45, 2.75) is 58.7 Å². The van der Waals surface area contributed by atoms with Gasteiger partial charge in [-0.15, -0.1) is 24.0 Å². The van der Waals surface area contributed by atoms with Gasteiger partial charge in [-0.05, 0) is 40.2 Å². The molecule has 0 aliphatic carbocycles. The van der Waals surface area contributed by atoms with Crippen LogP contribution in [0.3, 0.4) is 0 Å². The summed E-state index contributed by atoms with van der Waals surface area (Å²) in [4.78, 5) is 28.1. The first-order valence-corrected chi connectivity index (χ1v) is 9.77. The Morgan fingerprint density at radius 3 is 2.20 bits per heavy atom. The lowest BCUT2D eigenvalue weighted by Gasteiger charge is -2.29. The summed E-state index contributed by atoms with van der Waals surface area (Å²) >= 11 is 0. The molecule has 170 valence electrons. The van der Waals surface area contributed by atoms with Crippen LogP contribution >= 0.6 is 24.0 Å². The molecule has 1 aromatic rings. The van der Waals surface area contributed by atoms with E-state index in [0.29, 0.717) is 32.0 Å². The van der Waals surface area contributed by atoms with Gasteiger partial charge in [0.15, 0.2) is 5.96 Å². The first-order chi connectivity index (χ1) is 13.5. The number of carbonyl (C=O) groups is 2. The number of carbonyl (C=O) groups excluding carboxylic acids is 2. The van der Waals surface area contributed by atoms with Gasteiger partial charge >= 0.3 is 6.09 Å². The monoisotopic (exact) mass is 533 g/mol. The molecule has 0 aliphatic heterocycles. The molecule has 0 atom stereocenters. The topological polar surface area (TPSA) is 104 Å². The highest BCUT2D eigenvalue weighted by Gasteiger charge is 2.24. The number of nitrogens with one attached hydrogen (secondary N) is 4. The molecule has 0 saturated heterocycles. The summed E-state index contributed by atoms with van der Waals surface area (Å²) in [6.45, 7) is 10.6. The van der Waals surface area contributed by atoms with E-state index in [-0.39, 0.29) is 29.9 Å². The quantitative estimate of drug-likeness (QED) is 0.234. The average Bonchev–Trinajstić information content (AvgIpc) is 2.61. The predicted molar refractivity (Wildman–Crippen MR) is 131 cm³/mol. The maximum Gasteiger partial charge on any atom is 0.408 e. The van der Waals surface area contributed by atoms with E-state index in [0.717, 1.165) is 5.56 Å². The number of hydrogen-bond acceptors (Lipinski definition) is 4. The fourth-order valence-corrected chi connectivity index (χ4v) is 2.33. The summed E-state index contributed by atoms with van der Waals surface area (Å²) in [6, 6.07) is 9.77. The van der Waals surface area contributed by atoms with Crippen LogP contribution in [-0.4, -0.2) is 49.2 Å². The third-order valence-electron chi connectivity index (χ3n) is 3.74. The molecule has 1 rings (SSSR count). The first kappa shape index (κ1) is 28.0. The van der Waals surface area contributed by atoms with Crippen LogP contribution in [0, 0.1) is 0 Å². The highest BCUT2D eigenvalue weighted by Crippen LogP contribution is 2.09. The van der Waals surface area contributed by atoms with Gasteiger partial charge in [0, 0.05) is 33.1 Å². The number of hydrogen-bond donors (Lipinski definition) is 4. The van der Waals surface area contributed by atoms with Gasteiger partial charge < -0.3 is 26.0 Å². The second-order valence-electron chi connectivity index (χ2n) is 8.38. The van der Waals surface area contributed by atoms with Crippen molar-refractivity contribution in [1.82, 2.24) is 21.3 Å². The van der Waals surface area contributed by atoms with E-state index < -0.39 is 17.2 Å². The third kappa shape index (κ3) is 13.2. The molecule has 2 amide bonds. The fraction of sp³-hybridized carbons (Fsp3) is 0.571. The molecule has 4 N–H and O–H groups in total. The number of ether oxygens (including phenoxy) is 1. The molecule has 0 unspecified atom stereocenters. The Balaban J connectivity index is 0.00000841. The van der Waals surface area contributed by atoms with Crippen LogP contribution in [0.2, 0.25) is 0 Å². The molecule has 0 aliphatic rings. The van der Waals surface area contributed by atoms with Crippen molar-refractivity contribution in [2.75, 3.05) is 20.1 Å². The lowest BCUT2D eigenvalue weighted by atomic mass is 10.1. The van der Waals surface area contributed by atoms with Gasteiger partial charge in [0.1, 0.15) is 5.60 Å². The molecule has 30 heavy (non-hydrogen) atoms. The lowest BCUT2D eigenvalue weighted by Crippen LogP contribution is -2.54. The molecule has 8 nitrogen and oxygen atoms in total. The molecular weight excluding hydrogens is 497 g/mol. The van der Waals surface area contributed by atoms with Gasteiger partial charge in [-0.25, -0.2) is 4.79 Å². The van der Waals surface area contributed by atoms with E-state index in [2.05, 4.69) is 26.3 Å². The van der Waals surface area contributed by atoms with E-state index in [1.54, 1.807) is 7.05 Å². The van der Waals surface area contributed by atoms with Gasteiger partial charge in [0.25, 0.3) is 0 Å². The van der Waals surface area contributed by atoms with E-state index in [9.17, 15) is 9.59 Å². The molecule has 9 heteroatoms.